The molecular formula is C23H25FO5. The highest BCUT2D eigenvalue weighted by Crippen LogP contribution is 2.28. The Labute approximate surface area is 169 Å². The number of benzene rings is 2. The molecule has 3 rings (SSSR count). The van der Waals surface area contributed by atoms with Crippen LogP contribution < -0.4 is 4.74 Å². The van der Waals surface area contributed by atoms with Crippen LogP contribution in [0.25, 0.3) is 11.0 Å². The normalized spacial score (nSPS) is 11.1. The molecule has 1 N–H and O–H groups in total. The van der Waals surface area contributed by atoms with E-state index in [4.69, 9.17) is 13.9 Å². The Kier molecular flexibility index (Phi) is 6.54. The van der Waals surface area contributed by atoms with Gasteiger partial charge in [-0.3, -0.25) is 4.79 Å². The van der Waals surface area contributed by atoms with Crippen LogP contribution >= 0.6 is 0 Å². The van der Waals surface area contributed by atoms with Crippen molar-refractivity contribution >= 4 is 16.9 Å². The lowest BCUT2D eigenvalue weighted by molar-refractivity contribution is -0.143. The van der Waals surface area contributed by atoms with E-state index in [2.05, 4.69) is 0 Å². The third kappa shape index (κ3) is 4.95. The van der Waals surface area contributed by atoms with E-state index in [9.17, 15) is 14.3 Å². The van der Waals surface area contributed by atoms with Gasteiger partial charge in [0.1, 0.15) is 36.1 Å². The molecular weight excluding hydrogens is 375 g/mol. The molecule has 0 aliphatic carbocycles. The Morgan fingerprint density at radius 2 is 1.90 bits per heavy atom. The van der Waals surface area contributed by atoms with Crippen molar-refractivity contribution in [1.29, 1.82) is 0 Å². The minimum atomic E-state index is -0.386. The number of halogens is 1. The molecule has 0 fully saturated rings. The van der Waals surface area contributed by atoms with E-state index < -0.39 is 0 Å². The van der Waals surface area contributed by atoms with Crippen molar-refractivity contribution < 1.29 is 28.2 Å². The second-order valence-electron chi connectivity index (χ2n) is 6.99. The maximum Gasteiger partial charge on any atom is 0.306 e. The Morgan fingerprint density at radius 1 is 1.10 bits per heavy atom. The predicted molar refractivity (Wildman–Crippen MR) is 107 cm³/mol. The number of carbonyl (C=O) groups excluding carboxylic acids is 1. The second-order valence-corrected chi connectivity index (χ2v) is 6.99. The number of esters is 1. The zero-order valence-electron chi connectivity index (χ0n) is 16.9. The summed E-state index contributed by atoms with van der Waals surface area (Å²) in [5, 5.41) is 9.85. The molecule has 5 nitrogen and oxygen atoms in total. The number of aliphatic hydroxyl groups excluding tert-OH is 1. The number of ether oxygens (including phenoxy) is 2. The lowest BCUT2D eigenvalue weighted by Gasteiger charge is -2.14. The summed E-state index contributed by atoms with van der Waals surface area (Å²) in [4.78, 5) is 11.6. The van der Waals surface area contributed by atoms with Crippen molar-refractivity contribution in [2.75, 3.05) is 6.61 Å². The van der Waals surface area contributed by atoms with Crippen LogP contribution in [0.5, 0.6) is 5.75 Å². The molecule has 0 unspecified atom stereocenters. The van der Waals surface area contributed by atoms with Crippen molar-refractivity contribution in [2.24, 2.45) is 0 Å². The number of rotatable bonds is 8. The molecule has 0 atom stereocenters. The zero-order valence-corrected chi connectivity index (χ0v) is 16.9. The van der Waals surface area contributed by atoms with Crippen LogP contribution in [-0.2, 0) is 29.2 Å². The fourth-order valence-corrected chi connectivity index (χ4v) is 3.32. The quantitative estimate of drug-likeness (QED) is 0.553. The molecule has 0 radical (unpaired) electrons. The van der Waals surface area contributed by atoms with E-state index in [1.807, 2.05) is 26.0 Å². The lowest BCUT2D eigenvalue weighted by Crippen LogP contribution is -2.06. The summed E-state index contributed by atoms with van der Waals surface area (Å²) < 4.78 is 30.5. The molecule has 154 valence electrons. The van der Waals surface area contributed by atoms with Crippen LogP contribution in [0, 0.1) is 19.7 Å². The summed E-state index contributed by atoms with van der Waals surface area (Å²) in [7, 11) is 0. The summed E-state index contributed by atoms with van der Waals surface area (Å²) in [6.07, 6.45) is 0.938. The van der Waals surface area contributed by atoms with Gasteiger partial charge in [-0.25, -0.2) is 4.39 Å². The first-order valence-electron chi connectivity index (χ1n) is 9.61. The molecule has 0 saturated heterocycles. The number of hydrogen-bond donors (Lipinski definition) is 1. The number of furan rings is 1. The molecule has 0 amide bonds. The van der Waals surface area contributed by atoms with Gasteiger partial charge >= 0.3 is 5.97 Å². The van der Waals surface area contributed by atoms with Gasteiger partial charge in [0.25, 0.3) is 0 Å². The van der Waals surface area contributed by atoms with Crippen molar-refractivity contribution in [3.8, 4) is 5.75 Å². The Bertz CT molecular complexity index is 1020. The number of hydrogen-bond acceptors (Lipinski definition) is 5. The van der Waals surface area contributed by atoms with Crippen molar-refractivity contribution in [2.45, 2.75) is 46.8 Å². The average Bonchev–Trinajstić information content (AvgIpc) is 3.10. The van der Waals surface area contributed by atoms with Gasteiger partial charge in [-0.1, -0.05) is 6.07 Å². The van der Waals surface area contributed by atoms with Crippen LogP contribution in [0.1, 0.15) is 41.4 Å². The van der Waals surface area contributed by atoms with Crippen LogP contribution in [0.4, 0.5) is 4.39 Å². The Morgan fingerprint density at radius 3 is 2.62 bits per heavy atom. The van der Waals surface area contributed by atoms with Crippen molar-refractivity contribution in [3.05, 3.63) is 64.2 Å². The first kappa shape index (κ1) is 20.9. The highest BCUT2D eigenvalue weighted by molar-refractivity contribution is 5.81. The second kappa shape index (κ2) is 9.09. The number of carbonyl (C=O) groups is 1. The van der Waals surface area contributed by atoms with E-state index in [1.165, 1.54) is 12.1 Å². The van der Waals surface area contributed by atoms with Crippen LogP contribution in [-0.4, -0.2) is 17.7 Å². The molecule has 2 aromatic carbocycles. The van der Waals surface area contributed by atoms with E-state index in [1.54, 1.807) is 13.0 Å². The van der Waals surface area contributed by atoms with Gasteiger partial charge in [-0.2, -0.15) is 0 Å². The first-order valence-corrected chi connectivity index (χ1v) is 9.61. The summed E-state index contributed by atoms with van der Waals surface area (Å²) >= 11 is 0. The molecule has 3 aromatic rings. The van der Waals surface area contributed by atoms with Crippen molar-refractivity contribution in [3.63, 3.8) is 0 Å². The third-order valence-electron chi connectivity index (χ3n) is 4.79. The van der Waals surface area contributed by atoms with Crippen LogP contribution in [0.3, 0.4) is 0 Å². The van der Waals surface area contributed by atoms with E-state index >= 15 is 0 Å². The topological polar surface area (TPSA) is 68.9 Å². The predicted octanol–water partition coefficient (Wildman–Crippen LogP) is 4.76. The van der Waals surface area contributed by atoms with Crippen LogP contribution in [0.2, 0.25) is 0 Å². The van der Waals surface area contributed by atoms with Crippen LogP contribution in [0.15, 0.2) is 34.7 Å². The maximum absolute atomic E-state index is 13.9. The summed E-state index contributed by atoms with van der Waals surface area (Å²) in [5.74, 6) is 0.475. The van der Waals surface area contributed by atoms with Gasteiger partial charge in [0, 0.05) is 17.4 Å². The summed E-state index contributed by atoms with van der Waals surface area (Å²) in [5.41, 5.74) is 4.09. The Hall–Kier alpha value is -2.86. The molecule has 1 heterocycles. The summed E-state index contributed by atoms with van der Waals surface area (Å²) in [6.45, 7) is 5.95. The number of aliphatic hydroxyl groups is 1. The fourth-order valence-electron chi connectivity index (χ4n) is 3.32. The van der Waals surface area contributed by atoms with Gasteiger partial charge in [0.05, 0.1) is 6.61 Å². The third-order valence-corrected chi connectivity index (χ3v) is 4.79. The fraction of sp³-hybridized carbons (Fsp3) is 0.348. The average molecular weight is 400 g/mol. The largest absolute Gasteiger partial charge is 0.488 e. The maximum atomic E-state index is 13.9. The smallest absolute Gasteiger partial charge is 0.306 e. The number of fused-ring (bicyclic) bond motifs is 1. The molecule has 6 heteroatoms. The van der Waals surface area contributed by atoms with Gasteiger partial charge in [0.15, 0.2) is 0 Å². The van der Waals surface area contributed by atoms with Gasteiger partial charge in [-0.05, 0) is 68.1 Å². The molecule has 1 aromatic heterocycles. The standard InChI is InChI=1S/C23H25FO5/c1-4-27-22(26)6-5-16-7-15(3)21(8-14(16)2)28-13-18-10-19(24)9-17-11-20(12-25)29-23(17)18/h7-11,25H,4-6,12-13H2,1-3H3. The monoisotopic (exact) mass is 400 g/mol. The minimum absolute atomic E-state index is 0.134. The highest BCUT2D eigenvalue weighted by Gasteiger charge is 2.13. The molecule has 0 spiro atoms. The summed E-state index contributed by atoms with van der Waals surface area (Å²) in [6, 6.07) is 8.29. The van der Waals surface area contributed by atoms with Crippen molar-refractivity contribution in [1.82, 2.24) is 0 Å². The van der Waals surface area contributed by atoms with E-state index in [0.29, 0.717) is 47.5 Å². The lowest BCUT2D eigenvalue weighted by atomic mass is 10.0. The van der Waals surface area contributed by atoms with Gasteiger partial charge in [0.2, 0.25) is 0 Å². The van der Waals surface area contributed by atoms with Gasteiger partial charge in [-0.15, -0.1) is 0 Å². The first-order chi connectivity index (χ1) is 13.9. The highest BCUT2D eigenvalue weighted by atomic mass is 19.1. The molecule has 29 heavy (non-hydrogen) atoms. The molecule has 0 aliphatic rings. The minimum Gasteiger partial charge on any atom is -0.488 e. The zero-order chi connectivity index (χ0) is 21.0. The van der Waals surface area contributed by atoms with Gasteiger partial charge < -0.3 is 19.0 Å². The van der Waals surface area contributed by atoms with E-state index in [0.717, 1.165) is 16.7 Å². The van der Waals surface area contributed by atoms with E-state index in [-0.39, 0.29) is 25.0 Å². The molecule has 0 saturated carbocycles. The SMILES string of the molecule is CCOC(=O)CCc1cc(C)c(OCc2cc(F)cc3cc(CO)oc23)cc1C. The molecule has 0 bridgehead atoms. The molecule has 0 aliphatic heterocycles. The number of aryl methyl sites for hydroxylation is 3. The Balaban J connectivity index is 1.76.